The van der Waals surface area contributed by atoms with Crippen molar-refractivity contribution in [1.82, 2.24) is 9.88 Å². The van der Waals surface area contributed by atoms with E-state index in [0.717, 1.165) is 80.3 Å². The van der Waals surface area contributed by atoms with Crippen molar-refractivity contribution in [3.63, 3.8) is 0 Å². The van der Waals surface area contributed by atoms with E-state index in [4.69, 9.17) is 19.2 Å². The van der Waals surface area contributed by atoms with Crippen LogP contribution in [0, 0.1) is 0 Å². The summed E-state index contributed by atoms with van der Waals surface area (Å²) in [6.45, 7) is 10.4. The lowest BCUT2D eigenvalue weighted by molar-refractivity contribution is 0.0372. The first-order valence-corrected chi connectivity index (χ1v) is 12.4. The van der Waals surface area contributed by atoms with Crippen LogP contribution in [0.25, 0.3) is 22.2 Å². The van der Waals surface area contributed by atoms with Crippen molar-refractivity contribution in [3.05, 3.63) is 54.6 Å². The van der Waals surface area contributed by atoms with Crippen LogP contribution < -0.4 is 9.64 Å². The van der Waals surface area contributed by atoms with Crippen molar-refractivity contribution in [2.75, 3.05) is 71.2 Å². The summed E-state index contributed by atoms with van der Waals surface area (Å²) in [6, 6.07) is 19.0. The van der Waals surface area contributed by atoms with Crippen molar-refractivity contribution in [1.29, 1.82) is 0 Å². The van der Waals surface area contributed by atoms with E-state index in [-0.39, 0.29) is 0 Å². The number of hydrogen-bond donors (Lipinski definition) is 0. The molecule has 1 aromatic heterocycles. The Bertz CT molecular complexity index is 1020. The van der Waals surface area contributed by atoms with E-state index in [1.807, 2.05) is 18.2 Å². The Morgan fingerprint density at radius 1 is 0.824 bits per heavy atom. The Hall–Kier alpha value is -2.67. The van der Waals surface area contributed by atoms with E-state index in [1.165, 1.54) is 12.1 Å². The number of piperazine rings is 1. The third kappa shape index (κ3) is 6.69. The highest BCUT2D eigenvalue weighted by molar-refractivity contribution is 5.83. The van der Waals surface area contributed by atoms with Gasteiger partial charge < -0.3 is 19.1 Å². The maximum Gasteiger partial charge on any atom is 0.119 e. The highest BCUT2D eigenvalue weighted by Gasteiger charge is 2.17. The number of ether oxygens (including phenoxy) is 3. The zero-order valence-electron chi connectivity index (χ0n) is 20.5. The third-order valence-electron chi connectivity index (χ3n) is 6.36. The molecule has 0 amide bonds. The molecule has 0 aliphatic carbocycles. The summed E-state index contributed by atoms with van der Waals surface area (Å²) < 4.78 is 16.6. The molecule has 0 spiro atoms. The molecule has 182 valence electrons. The summed E-state index contributed by atoms with van der Waals surface area (Å²) in [7, 11) is 1.69. The number of hydrogen-bond acceptors (Lipinski definition) is 6. The largest absolute Gasteiger partial charge is 0.497 e. The Kier molecular flexibility index (Phi) is 9.13. The lowest BCUT2D eigenvalue weighted by Gasteiger charge is -2.36. The number of anilines is 1. The van der Waals surface area contributed by atoms with Crippen molar-refractivity contribution < 1.29 is 14.2 Å². The number of fused-ring (bicyclic) bond motifs is 1. The quantitative estimate of drug-likeness (QED) is 0.357. The van der Waals surface area contributed by atoms with Gasteiger partial charge in [-0.1, -0.05) is 31.5 Å². The molecule has 0 unspecified atom stereocenters. The van der Waals surface area contributed by atoms with Crippen molar-refractivity contribution in [3.8, 4) is 17.0 Å². The molecule has 0 saturated carbocycles. The van der Waals surface area contributed by atoms with Gasteiger partial charge in [-0.15, -0.1) is 0 Å². The van der Waals surface area contributed by atoms with Gasteiger partial charge in [0, 0.05) is 56.0 Å². The Morgan fingerprint density at radius 2 is 1.59 bits per heavy atom. The molecule has 0 N–H and O–H groups in total. The molecule has 4 rings (SSSR count). The van der Waals surface area contributed by atoms with E-state index in [9.17, 15) is 0 Å². The van der Waals surface area contributed by atoms with Crippen LogP contribution in [0.4, 0.5) is 5.69 Å². The number of pyridine rings is 1. The normalized spacial score (nSPS) is 14.6. The van der Waals surface area contributed by atoms with Gasteiger partial charge in [-0.2, -0.15) is 0 Å². The van der Waals surface area contributed by atoms with Crippen LogP contribution in [0.1, 0.15) is 19.8 Å². The molecule has 0 atom stereocenters. The highest BCUT2D eigenvalue weighted by atomic mass is 16.5. The molecule has 2 aromatic carbocycles. The number of nitrogens with zero attached hydrogens (tertiary/aromatic N) is 3. The number of methoxy groups -OCH3 is 1. The molecule has 2 heterocycles. The average molecular weight is 464 g/mol. The van der Waals surface area contributed by atoms with Crippen LogP contribution in [0.3, 0.4) is 0 Å². The third-order valence-corrected chi connectivity index (χ3v) is 6.36. The zero-order valence-corrected chi connectivity index (χ0v) is 20.5. The second-order valence-corrected chi connectivity index (χ2v) is 8.71. The van der Waals surface area contributed by atoms with E-state index in [0.29, 0.717) is 13.2 Å². The van der Waals surface area contributed by atoms with Crippen LogP contribution in [0.2, 0.25) is 0 Å². The number of rotatable bonds is 12. The van der Waals surface area contributed by atoms with Crippen LogP contribution in [0.5, 0.6) is 5.75 Å². The number of aromatic nitrogens is 1. The van der Waals surface area contributed by atoms with Gasteiger partial charge in [0.15, 0.2) is 0 Å². The molecule has 3 aromatic rings. The molecule has 34 heavy (non-hydrogen) atoms. The summed E-state index contributed by atoms with van der Waals surface area (Å²) in [5, 5.41) is 1.09. The first kappa shape index (κ1) is 24.5. The maximum atomic E-state index is 5.73. The van der Waals surface area contributed by atoms with E-state index in [1.54, 1.807) is 7.11 Å². The number of benzene rings is 2. The van der Waals surface area contributed by atoms with Crippen LogP contribution >= 0.6 is 0 Å². The second-order valence-electron chi connectivity index (χ2n) is 8.71. The maximum absolute atomic E-state index is 5.73. The van der Waals surface area contributed by atoms with Gasteiger partial charge in [-0.3, -0.25) is 4.90 Å². The molecule has 1 aliphatic rings. The Balaban J connectivity index is 1.22. The molecule has 6 nitrogen and oxygen atoms in total. The van der Waals surface area contributed by atoms with Gasteiger partial charge in [0.1, 0.15) is 5.75 Å². The van der Waals surface area contributed by atoms with E-state index in [2.05, 4.69) is 53.1 Å². The van der Waals surface area contributed by atoms with Gasteiger partial charge in [0.2, 0.25) is 0 Å². The summed E-state index contributed by atoms with van der Waals surface area (Å²) in [6.07, 6.45) is 2.30. The van der Waals surface area contributed by atoms with Gasteiger partial charge >= 0.3 is 0 Å². The topological polar surface area (TPSA) is 47.1 Å². The predicted octanol–water partition coefficient (Wildman–Crippen LogP) is 4.87. The lowest BCUT2D eigenvalue weighted by Crippen LogP contribution is -2.47. The van der Waals surface area contributed by atoms with Gasteiger partial charge in [-0.05, 0) is 42.8 Å². The fraction of sp³-hybridized carbons (Fsp3) is 0.464. The van der Waals surface area contributed by atoms with Crippen molar-refractivity contribution in [2.24, 2.45) is 0 Å². The predicted molar refractivity (Wildman–Crippen MR) is 139 cm³/mol. The zero-order chi connectivity index (χ0) is 23.6. The molecule has 1 aliphatic heterocycles. The smallest absolute Gasteiger partial charge is 0.119 e. The first-order valence-electron chi connectivity index (χ1n) is 12.4. The summed E-state index contributed by atoms with van der Waals surface area (Å²) in [5.41, 5.74) is 4.38. The summed E-state index contributed by atoms with van der Waals surface area (Å²) in [5.74, 6) is 0.853. The van der Waals surface area contributed by atoms with Crippen LogP contribution in [-0.4, -0.2) is 76.1 Å². The monoisotopic (exact) mass is 463 g/mol. The minimum absolute atomic E-state index is 0.691. The fourth-order valence-electron chi connectivity index (χ4n) is 4.23. The average Bonchev–Trinajstić information content (AvgIpc) is 2.90. The Labute approximate surface area is 203 Å². The van der Waals surface area contributed by atoms with Crippen molar-refractivity contribution >= 4 is 16.6 Å². The minimum atomic E-state index is 0.691. The molecule has 1 fully saturated rings. The lowest BCUT2D eigenvalue weighted by atomic mass is 10.1. The van der Waals surface area contributed by atoms with E-state index < -0.39 is 0 Å². The minimum Gasteiger partial charge on any atom is -0.497 e. The first-order chi connectivity index (χ1) is 16.8. The molecule has 6 heteroatoms. The molecule has 0 radical (unpaired) electrons. The van der Waals surface area contributed by atoms with Crippen LogP contribution in [0.15, 0.2) is 54.6 Å². The SMILES string of the molecule is CCCCOCCOCCN1CCN(c2ccc(-c3ccc4cc(OC)ccc4n3)cc2)CC1. The molecule has 0 bridgehead atoms. The van der Waals surface area contributed by atoms with E-state index >= 15 is 0 Å². The molecule has 1 saturated heterocycles. The van der Waals surface area contributed by atoms with Gasteiger partial charge in [0.25, 0.3) is 0 Å². The van der Waals surface area contributed by atoms with Gasteiger partial charge in [0.05, 0.1) is 38.1 Å². The van der Waals surface area contributed by atoms with Gasteiger partial charge in [-0.25, -0.2) is 4.98 Å². The molecular formula is C28H37N3O3. The summed E-state index contributed by atoms with van der Waals surface area (Å²) >= 11 is 0. The summed E-state index contributed by atoms with van der Waals surface area (Å²) in [4.78, 5) is 9.78. The Morgan fingerprint density at radius 3 is 2.32 bits per heavy atom. The standard InChI is InChI=1S/C28H37N3O3/c1-3-4-18-33-20-21-34-19-17-30-13-15-31(16-14-30)25-8-5-23(6-9-25)27-11-7-24-22-26(32-2)10-12-28(24)29-27/h5-12,22H,3-4,13-21H2,1-2H3. The highest BCUT2D eigenvalue weighted by Crippen LogP contribution is 2.26. The second kappa shape index (κ2) is 12.7. The molecular weight excluding hydrogens is 426 g/mol. The number of unbranched alkanes of at least 4 members (excludes halogenated alkanes) is 1. The fourth-order valence-corrected chi connectivity index (χ4v) is 4.23. The van der Waals surface area contributed by atoms with Crippen LogP contribution in [-0.2, 0) is 9.47 Å². The van der Waals surface area contributed by atoms with Crippen molar-refractivity contribution in [2.45, 2.75) is 19.8 Å².